The van der Waals surface area contributed by atoms with Crippen LogP contribution in [0, 0.1) is 0 Å². The van der Waals surface area contributed by atoms with Crippen molar-refractivity contribution in [3.05, 3.63) is 18.0 Å². The van der Waals surface area contributed by atoms with Gasteiger partial charge in [-0.2, -0.15) is 5.10 Å². The van der Waals surface area contributed by atoms with Crippen LogP contribution >= 0.6 is 0 Å². The lowest BCUT2D eigenvalue weighted by Crippen LogP contribution is -2.14. The van der Waals surface area contributed by atoms with Crippen LogP contribution in [0.3, 0.4) is 0 Å². The fourth-order valence-electron chi connectivity index (χ4n) is 1.23. The van der Waals surface area contributed by atoms with E-state index in [1.807, 2.05) is 24.9 Å². The van der Waals surface area contributed by atoms with Gasteiger partial charge >= 0.3 is 0 Å². The molecule has 0 aromatic carbocycles. The fraction of sp³-hybridized carbons (Fsp3) is 0.667. The maximum atomic E-state index is 5.64. The first-order valence-electron chi connectivity index (χ1n) is 4.41. The van der Waals surface area contributed by atoms with Crippen molar-refractivity contribution >= 4 is 0 Å². The number of nitrogens with two attached hydrogens (primary N) is 1. The van der Waals surface area contributed by atoms with E-state index < -0.39 is 0 Å². The molecule has 1 aromatic rings. The molecule has 0 radical (unpaired) electrons. The maximum absolute atomic E-state index is 5.64. The first kappa shape index (κ1) is 9.26. The molecule has 0 saturated carbocycles. The van der Waals surface area contributed by atoms with Crippen LogP contribution < -0.4 is 5.73 Å². The lowest BCUT2D eigenvalue weighted by Gasteiger charge is -2.02. The molecule has 1 aromatic heterocycles. The number of aryl methyl sites for hydroxylation is 2. The number of nitrogens with zero attached hydrogens (tertiary/aromatic N) is 2. The van der Waals surface area contributed by atoms with Crippen LogP contribution in [0.4, 0.5) is 0 Å². The van der Waals surface area contributed by atoms with Crippen molar-refractivity contribution in [3.8, 4) is 0 Å². The molecule has 2 N–H and O–H groups in total. The summed E-state index contributed by atoms with van der Waals surface area (Å²) in [6, 6.07) is 0.321. The number of hydrogen-bond donors (Lipinski definition) is 1. The highest BCUT2D eigenvalue weighted by Gasteiger charge is 1.97. The molecule has 0 aliphatic heterocycles. The van der Waals surface area contributed by atoms with E-state index in [9.17, 15) is 0 Å². The Labute approximate surface area is 73.6 Å². The molecular formula is C9H17N3. The number of hydrogen-bond acceptors (Lipinski definition) is 2. The van der Waals surface area contributed by atoms with E-state index in [-0.39, 0.29) is 0 Å². The molecule has 0 spiro atoms. The summed E-state index contributed by atoms with van der Waals surface area (Å²) in [7, 11) is 1.94. The van der Waals surface area contributed by atoms with E-state index in [1.54, 1.807) is 0 Å². The second-order valence-corrected chi connectivity index (χ2v) is 3.39. The van der Waals surface area contributed by atoms with Crippen LogP contribution in [-0.4, -0.2) is 15.8 Å². The van der Waals surface area contributed by atoms with Gasteiger partial charge in [0.2, 0.25) is 0 Å². The third-order valence-corrected chi connectivity index (χ3v) is 1.88. The van der Waals surface area contributed by atoms with Crippen LogP contribution in [0.2, 0.25) is 0 Å². The molecule has 1 atom stereocenters. The molecular weight excluding hydrogens is 150 g/mol. The SMILES string of the molecule is CC(N)CCCc1cnn(C)c1. The van der Waals surface area contributed by atoms with Crippen molar-refractivity contribution in [3.63, 3.8) is 0 Å². The zero-order valence-electron chi connectivity index (χ0n) is 7.83. The monoisotopic (exact) mass is 167 g/mol. The van der Waals surface area contributed by atoms with E-state index in [2.05, 4.69) is 11.3 Å². The Morgan fingerprint density at radius 2 is 2.42 bits per heavy atom. The van der Waals surface area contributed by atoms with Crippen molar-refractivity contribution in [1.82, 2.24) is 9.78 Å². The summed E-state index contributed by atoms with van der Waals surface area (Å²) in [4.78, 5) is 0. The summed E-state index contributed by atoms with van der Waals surface area (Å²) in [5.74, 6) is 0. The average molecular weight is 167 g/mol. The fourth-order valence-corrected chi connectivity index (χ4v) is 1.23. The minimum absolute atomic E-state index is 0.321. The van der Waals surface area contributed by atoms with Gasteiger partial charge in [0.05, 0.1) is 6.20 Å². The first-order valence-corrected chi connectivity index (χ1v) is 4.41. The molecule has 1 heterocycles. The Morgan fingerprint density at radius 1 is 1.67 bits per heavy atom. The minimum Gasteiger partial charge on any atom is -0.328 e. The molecule has 0 aliphatic rings. The van der Waals surface area contributed by atoms with Gasteiger partial charge in [0.1, 0.15) is 0 Å². The van der Waals surface area contributed by atoms with E-state index >= 15 is 0 Å². The topological polar surface area (TPSA) is 43.8 Å². The quantitative estimate of drug-likeness (QED) is 0.729. The van der Waals surface area contributed by atoms with Gasteiger partial charge in [-0.15, -0.1) is 0 Å². The highest BCUT2D eigenvalue weighted by atomic mass is 15.2. The highest BCUT2D eigenvalue weighted by Crippen LogP contribution is 2.04. The Morgan fingerprint density at radius 3 is 2.92 bits per heavy atom. The molecule has 0 fully saturated rings. The predicted molar refractivity (Wildman–Crippen MR) is 49.8 cm³/mol. The Bertz CT molecular complexity index is 227. The van der Waals surface area contributed by atoms with Gasteiger partial charge in [-0.1, -0.05) is 0 Å². The summed E-state index contributed by atoms with van der Waals surface area (Å²) in [5.41, 5.74) is 6.94. The third kappa shape index (κ3) is 3.05. The summed E-state index contributed by atoms with van der Waals surface area (Å²) in [5, 5.41) is 4.10. The molecule has 3 heteroatoms. The zero-order valence-corrected chi connectivity index (χ0v) is 7.83. The van der Waals surface area contributed by atoms with E-state index in [4.69, 9.17) is 5.73 Å². The molecule has 0 saturated heterocycles. The van der Waals surface area contributed by atoms with Crippen molar-refractivity contribution < 1.29 is 0 Å². The molecule has 68 valence electrons. The molecule has 0 amide bonds. The van der Waals surface area contributed by atoms with Crippen molar-refractivity contribution in [2.75, 3.05) is 0 Å². The van der Waals surface area contributed by atoms with E-state index in [0.717, 1.165) is 19.3 Å². The average Bonchev–Trinajstić information content (AvgIpc) is 2.35. The zero-order chi connectivity index (χ0) is 8.97. The van der Waals surface area contributed by atoms with E-state index in [0.29, 0.717) is 6.04 Å². The van der Waals surface area contributed by atoms with Crippen LogP contribution in [0.25, 0.3) is 0 Å². The van der Waals surface area contributed by atoms with Crippen molar-refractivity contribution in [1.29, 1.82) is 0 Å². The van der Waals surface area contributed by atoms with Gasteiger partial charge in [0.15, 0.2) is 0 Å². The van der Waals surface area contributed by atoms with Gasteiger partial charge in [0.25, 0.3) is 0 Å². The van der Waals surface area contributed by atoms with Gasteiger partial charge < -0.3 is 5.73 Å². The molecule has 3 nitrogen and oxygen atoms in total. The Kier molecular flexibility index (Phi) is 3.29. The van der Waals surface area contributed by atoms with Crippen molar-refractivity contribution in [2.24, 2.45) is 12.8 Å². The van der Waals surface area contributed by atoms with Gasteiger partial charge in [0, 0.05) is 19.3 Å². The lowest BCUT2D eigenvalue weighted by atomic mass is 10.1. The van der Waals surface area contributed by atoms with E-state index in [1.165, 1.54) is 5.56 Å². The summed E-state index contributed by atoms with van der Waals surface area (Å²) < 4.78 is 1.83. The largest absolute Gasteiger partial charge is 0.328 e. The normalized spacial score (nSPS) is 13.2. The molecule has 0 aliphatic carbocycles. The van der Waals surface area contributed by atoms with Gasteiger partial charge in [-0.25, -0.2) is 0 Å². The van der Waals surface area contributed by atoms with Crippen LogP contribution in [-0.2, 0) is 13.5 Å². The standard InChI is InChI=1S/C9H17N3/c1-8(10)4-3-5-9-6-11-12(2)7-9/h6-8H,3-5,10H2,1-2H3. The third-order valence-electron chi connectivity index (χ3n) is 1.88. The summed E-state index contributed by atoms with van der Waals surface area (Å²) >= 11 is 0. The van der Waals surface area contributed by atoms with Crippen LogP contribution in [0.15, 0.2) is 12.4 Å². The lowest BCUT2D eigenvalue weighted by molar-refractivity contribution is 0.624. The Hall–Kier alpha value is -0.830. The number of rotatable bonds is 4. The first-order chi connectivity index (χ1) is 5.68. The minimum atomic E-state index is 0.321. The van der Waals surface area contributed by atoms with Crippen LogP contribution in [0.5, 0.6) is 0 Å². The smallest absolute Gasteiger partial charge is 0.0521 e. The number of aromatic nitrogens is 2. The highest BCUT2D eigenvalue weighted by molar-refractivity contribution is 5.03. The predicted octanol–water partition coefficient (Wildman–Crippen LogP) is 1.09. The van der Waals surface area contributed by atoms with Gasteiger partial charge in [-0.3, -0.25) is 4.68 Å². The molecule has 1 rings (SSSR count). The van der Waals surface area contributed by atoms with Crippen molar-refractivity contribution in [2.45, 2.75) is 32.2 Å². The second kappa shape index (κ2) is 4.26. The summed E-state index contributed by atoms with van der Waals surface area (Å²) in [6.07, 6.45) is 7.32. The molecule has 0 bridgehead atoms. The Balaban J connectivity index is 2.24. The van der Waals surface area contributed by atoms with Gasteiger partial charge in [-0.05, 0) is 31.7 Å². The van der Waals surface area contributed by atoms with Crippen LogP contribution in [0.1, 0.15) is 25.3 Å². The molecule has 12 heavy (non-hydrogen) atoms. The molecule has 1 unspecified atom stereocenters. The maximum Gasteiger partial charge on any atom is 0.0521 e. The second-order valence-electron chi connectivity index (χ2n) is 3.39. The summed E-state index contributed by atoms with van der Waals surface area (Å²) in [6.45, 7) is 2.04.